The van der Waals surface area contributed by atoms with Crippen LogP contribution in [0.3, 0.4) is 0 Å². The van der Waals surface area contributed by atoms with Crippen molar-refractivity contribution in [3.8, 4) is 5.75 Å². The zero-order valence-electron chi connectivity index (χ0n) is 12.4. The zero-order valence-corrected chi connectivity index (χ0v) is 12.4. The summed E-state index contributed by atoms with van der Waals surface area (Å²) in [4.78, 5) is 11.6. The Morgan fingerprint density at radius 2 is 2.18 bits per heavy atom. The molecule has 1 heterocycles. The molecule has 0 fully saturated rings. The van der Waals surface area contributed by atoms with Gasteiger partial charge in [-0.05, 0) is 36.8 Å². The number of carbonyl (C=O) groups is 1. The fourth-order valence-corrected chi connectivity index (χ4v) is 1.87. The quantitative estimate of drug-likeness (QED) is 0.683. The Morgan fingerprint density at radius 1 is 1.32 bits per heavy atom. The second kappa shape index (κ2) is 8.09. The van der Waals surface area contributed by atoms with E-state index in [4.69, 9.17) is 9.15 Å². The maximum Gasteiger partial charge on any atom is 0.315 e. The van der Waals surface area contributed by atoms with Crippen molar-refractivity contribution in [1.29, 1.82) is 0 Å². The molecule has 0 spiro atoms. The molecule has 0 aliphatic rings. The summed E-state index contributed by atoms with van der Waals surface area (Å²) in [6.07, 6.45) is 0.616. The fraction of sp³-hybridized carbons (Fsp3) is 0.312. The number of benzene rings is 1. The smallest absolute Gasteiger partial charge is 0.315 e. The Labute approximate surface area is 129 Å². The Balaban J connectivity index is 1.60. The SMILES string of the molecule is Cc1cccc(OCCNC(=O)NCC(O)c2ccco2)c1. The van der Waals surface area contributed by atoms with Gasteiger partial charge in [-0.15, -0.1) is 0 Å². The molecular formula is C16H20N2O4. The predicted octanol–water partition coefficient (Wildman–Crippen LogP) is 2.00. The van der Waals surface area contributed by atoms with Gasteiger partial charge in [0.25, 0.3) is 0 Å². The van der Waals surface area contributed by atoms with Crippen molar-refractivity contribution >= 4 is 6.03 Å². The minimum atomic E-state index is -0.857. The van der Waals surface area contributed by atoms with Crippen LogP contribution in [0.5, 0.6) is 5.75 Å². The molecule has 2 amide bonds. The number of ether oxygens (including phenoxy) is 1. The van der Waals surface area contributed by atoms with Crippen molar-refractivity contribution in [3.05, 3.63) is 54.0 Å². The molecule has 1 aromatic heterocycles. The second-order valence-electron chi connectivity index (χ2n) is 4.83. The normalized spacial score (nSPS) is 11.7. The summed E-state index contributed by atoms with van der Waals surface area (Å²) >= 11 is 0. The number of aliphatic hydroxyl groups is 1. The van der Waals surface area contributed by atoms with Crippen molar-refractivity contribution in [2.24, 2.45) is 0 Å². The van der Waals surface area contributed by atoms with Crippen LogP contribution >= 0.6 is 0 Å². The van der Waals surface area contributed by atoms with E-state index in [1.54, 1.807) is 12.1 Å². The first kappa shape index (κ1) is 15.9. The first-order valence-corrected chi connectivity index (χ1v) is 7.08. The third kappa shape index (κ3) is 5.14. The largest absolute Gasteiger partial charge is 0.492 e. The van der Waals surface area contributed by atoms with Gasteiger partial charge in [0.1, 0.15) is 24.2 Å². The summed E-state index contributed by atoms with van der Waals surface area (Å²) in [5, 5.41) is 15.0. The van der Waals surface area contributed by atoms with E-state index in [1.807, 2.05) is 31.2 Å². The van der Waals surface area contributed by atoms with E-state index < -0.39 is 6.10 Å². The molecule has 22 heavy (non-hydrogen) atoms. The number of amides is 2. The molecule has 6 nitrogen and oxygen atoms in total. The third-order valence-electron chi connectivity index (χ3n) is 2.97. The van der Waals surface area contributed by atoms with Gasteiger partial charge < -0.3 is 24.9 Å². The molecule has 1 aromatic carbocycles. The second-order valence-corrected chi connectivity index (χ2v) is 4.83. The van der Waals surface area contributed by atoms with Crippen LogP contribution in [0.4, 0.5) is 4.79 Å². The number of aryl methyl sites for hydroxylation is 1. The number of urea groups is 1. The van der Waals surface area contributed by atoms with Crippen LogP contribution in [0.25, 0.3) is 0 Å². The Hall–Kier alpha value is -2.47. The van der Waals surface area contributed by atoms with E-state index in [0.29, 0.717) is 18.9 Å². The highest BCUT2D eigenvalue weighted by atomic mass is 16.5. The van der Waals surface area contributed by atoms with Gasteiger partial charge in [0, 0.05) is 0 Å². The van der Waals surface area contributed by atoms with E-state index in [-0.39, 0.29) is 12.6 Å². The van der Waals surface area contributed by atoms with Crippen LogP contribution in [0.1, 0.15) is 17.4 Å². The first-order chi connectivity index (χ1) is 10.6. The van der Waals surface area contributed by atoms with Gasteiger partial charge >= 0.3 is 6.03 Å². The average molecular weight is 304 g/mol. The molecule has 0 saturated heterocycles. The number of hydrogen-bond acceptors (Lipinski definition) is 4. The van der Waals surface area contributed by atoms with Gasteiger partial charge in [-0.3, -0.25) is 0 Å². The van der Waals surface area contributed by atoms with E-state index in [0.717, 1.165) is 11.3 Å². The third-order valence-corrected chi connectivity index (χ3v) is 2.97. The molecule has 6 heteroatoms. The summed E-state index contributed by atoms with van der Waals surface area (Å²) in [7, 11) is 0. The number of hydrogen-bond donors (Lipinski definition) is 3. The summed E-state index contributed by atoms with van der Waals surface area (Å²) in [5.41, 5.74) is 1.12. The van der Waals surface area contributed by atoms with Crippen molar-refractivity contribution in [2.75, 3.05) is 19.7 Å². The van der Waals surface area contributed by atoms with Crippen molar-refractivity contribution in [1.82, 2.24) is 10.6 Å². The molecule has 0 bridgehead atoms. The van der Waals surface area contributed by atoms with Crippen molar-refractivity contribution < 1.29 is 19.1 Å². The van der Waals surface area contributed by atoms with Crippen molar-refractivity contribution in [3.63, 3.8) is 0 Å². The highest BCUT2D eigenvalue weighted by Gasteiger charge is 2.11. The molecule has 1 unspecified atom stereocenters. The van der Waals surface area contributed by atoms with Gasteiger partial charge in [-0.25, -0.2) is 4.79 Å². The highest BCUT2D eigenvalue weighted by Crippen LogP contribution is 2.12. The average Bonchev–Trinajstić information content (AvgIpc) is 3.04. The van der Waals surface area contributed by atoms with E-state index >= 15 is 0 Å². The molecule has 0 aliphatic heterocycles. The molecule has 3 N–H and O–H groups in total. The first-order valence-electron chi connectivity index (χ1n) is 7.08. The summed E-state index contributed by atoms with van der Waals surface area (Å²) in [5.74, 6) is 1.19. The number of carbonyl (C=O) groups excluding carboxylic acids is 1. The highest BCUT2D eigenvalue weighted by molar-refractivity contribution is 5.73. The number of rotatable bonds is 7. The predicted molar refractivity (Wildman–Crippen MR) is 81.7 cm³/mol. The van der Waals surface area contributed by atoms with Gasteiger partial charge in [0.15, 0.2) is 0 Å². The van der Waals surface area contributed by atoms with Crippen LogP contribution in [0.15, 0.2) is 47.1 Å². The van der Waals surface area contributed by atoms with E-state index in [1.165, 1.54) is 6.26 Å². The molecule has 118 valence electrons. The molecule has 0 aliphatic carbocycles. The lowest BCUT2D eigenvalue weighted by atomic mass is 10.2. The monoisotopic (exact) mass is 304 g/mol. The maximum absolute atomic E-state index is 11.6. The number of furan rings is 1. The topological polar surface area (TPSA) is 83.7 Å². The summed E-state index contributed by atoms with van der Waals surface area (Å²) < 4.78 is 10.6. The lowest BCUT2D eigenvalue weighted by molar-refractivity contribution is 0.147. The van der Waals surface area contributed by atoms with Crippen molar-refractivity contribution in [2.45, 2.75) is 13.0 Å². The molecule has 2 rings (SSSR count). The Kier molecular flexibility index (Phi) is 5.85. The Bertz CT molecular complexity index is 584. The zero-order chi connectivity index (χ0) is 15.8. The van der Waals surface area contributed by atoms with Gasteiger partial charge in [-0.2, -0.15) is 0 Å². The van der Waals surface area contributed by atoms with Gasteiger partial charge in [0.2, 0.25) is 0 Å². The van der Waals surface area contributed by atoms with Crippen LogP contribution < -0.4 is 15.4 Å². The molecule has 2 aromatic rings. The van der Waals surface area contributed by atoms with Gasteiger partial charge in [0.05, 0.1) is 19.4 Å². The van der Waals surface area contributed by atoms with E-state index in [2.05, 4.69) is 10.6 Å². The lowest BCUT2D eigenvalue weighted by Gasteiger charge is -2.11. The summed E-state index contributed by atoms with van der Waals surface area (Å²) in [6.45, 7) is 2.81. The lowest BCUT2D eigenvalue weighted by Crippen LogP contribution is -2.39. The minimum absolute atomic E-state index is 0.0814. The van der Waals surface area contributed by atoms with Crippen LogP contribution in [-0.4, -0.2) is 30.8 Å². The molecule has 1 atom stereocenters. The molecule has 0 saturated carbocycles. The standard InChI is InChI=1S/C16H20N2O4/c1-12-4-2-5-13(10-12)21-9-7-17-16(20)18-11-14(19)15-6-3-8-22-15/h2-6,8,10,14,19H,7,9,11H2,1H3,(H2,17,18,20). The molecular weight excluding hydrogens is 284 g/mol. The van der Waals surface area contributed by atoms with E-state index in [9.17, 15) is 9.90 Å². The minimum Gasteiger partial charge on any atom is -0.492 e. The molecule has 0 radical (unpaired) electrons. The van der Waals surface area contributed by atoms with Crippen LogP contribution in [0.2, 0.25) is 0 Å². The number of nitrogens with one attached hydrogen (secondary N) is 2. The van der Waals surface area contributed by atoms with Gasteiger partial charge in [-0.1, -0.05) is 12.1 Å². The fourth-order valence-electron chi connectivity index (χ4n) is 1.87. The number of aliphatic hydroxyl groups excluding tert-OH is 1. The van der Waals surface area contributed by atoms with Crippen LogP contribution in [0, 0.1) is 6.92 Å². The summed E-state index contributed by atoms with van der Waals surface area (Å²) in [6, 6.07) is 10.7. The Morgan fingerprint density at radius 3 is 2.91 bits per heavy atom. The maximum atomic E-state index is 11.6. The van der Waals surface area contributed by atoms with Crippen LogP contribution in [-0.2, 0) is 0 Å².